The molecule has 170 valence electrons. The van der Waals surface area contributed by atoms with Crippen molar-refractivity contribution in [2.45, 2.75) is 83.7 Å². The van der Waals surface area contributed by atoms with Crippen LogP contribution in [0.2, 0.25) is 0 Å². The minimum Gasteiger partial charge on any atom is -0.506 e. The van der Waals surface area contributed by atoms with Crippen molar-refractivity contribution >= 4 is 22.7 Å². The molecule has 0 bridgehead atoms. The SMILES string of the molecule is CCCCCCCCCCCCC(Oc1cc(C(=O)O)c(O)c2ccccc12)C(=O)O. The molecule has 0 saturated carbocycles. The van der Waals surface area contributed by atoms with E-state index in [1.807, 2.05) is 0 Å². The van der Waals surface area contributed by atoms with E-state index in [0.717, 1.165) is 25.7 Å². The quantitative estimate of drug-likeness (QED) is 0.283. The molecule has 0 aliphatic carbocycles. The Labute approximate surface area is 183 Å². The minimum absolute atomic E-state index is 0.158. The van der Waals surface area contributed by atoms with Gasteiger partial charge in [-0.15, -0.1) is 0 Å². The predicted molar refractivity (Wildman–Crippen MR) is 121 cm³/mol. The van der Waals surface area contributed by atoms with Gasteiger partial charge in [-0.1, -0.05) is 89.0 Å². The molecule has 1 atom stereocenters. The van der Waals surface area contributed by atoms with Gasteiger partial charge in [0.25, 0.3) is 0 Å². The van der Waals surface area contributed by atoms with Crippen LogP contribution in [0.5, 0.6) is 11.5 Å². The summed E-state index contributed by atoms with van der Waals surface area (Å²) < 4.78 is 5.74. The first kappa shape index (κ1) is 24.5. The van der Waals surface area contributed by atoms with Gasteiger partial charge in [0.1, 0.15) is 17.1 Å². The van der Waals surface area contributed by atoms with E-state index >= 15 is 0 Å². The molecule has 2 rings (SSSR count). The lowest BCUT2D eigenvalue weighted by Crippen LogP contribution is -2.27. The molecule has 6 heteroatoms. The number of ether oxygens (including phenoxy) is 1. The van der Waals surface area contributed by atoms with Crippen LogP contribution in [0.3, 0.4) is 0 Å². The van der Waals surface area contributed by atoms with Crippen LogP contribution < -0.4 is 4.74 Å². The molecule has 2 aromatic carbocycles. The fraction of sp³-hybridized carbons (Fsp3) is 0.520. The molecule has 0 aromatic heterocycles. The second-order valence-corrected chi connectivity index (χ2v) is 8.04. The molecule has 0 fully saturated rings. The number of aromatic hydroxyl groups is 1. The number of carboxylic acid groups (broad SMARTS) is 2. The Hall–Kier alpha value is -2.76. The number of hydrogen-bond acceptors (Lipinski definition) is 4. The van der Waals surface area contributed by atoms with Crippen molar-refractivity contribution in [2.75, 3.05) is 0 Å². The maximum absolute atomic E-state index is 11.7. The Bertz CT molecular complexity index is 860. The normalized spacial score (nSPS) is 12.0. The average molecular weight is 431 g/mol. The Morgan fingerprint density at radius 3 is 1.97 bits per heavy atom. The van der Waals surface area contributed by atoms with Crippen LogP contribution in [0.1, 0.15) is 87.9 Å². The molecule has 1 unspecified atom stereocenters. The lowest BCUT2D eigenvalue weighted by Gasteiger charge is -2.18. The second kappa shape index (κ2) is 12.8. The third-order valence-corrected chi connectivity index (χ3v) is 5.57. The summed E-state index contributed by atoms with van der Waals surface area (Å²) >= 11 is 0. The number of carboxylic acids is 2. The van der Waals surface area contributed by atoms with Crippen molar-refractivity contribution < 1.29 is 29.6 Å². The zero-order valence-corrected chi connectivity index (χ0v) is 18.3. The number of aliphatic carboxylic acids is 1. The van der Waals surface area contributed by atoms with Gasteiger partial charge in [0, 0.05) is 10.8 Å². The highest BCUT2D eigenvalue weighted by Crippen LogP contribution is 2.36. The Morgan fingerprint density at radius 1 is 0.871 bits per heavy atom. The molecule has 6 nitrogen and oxygen atoms in total. The summed E-state index contributed by atoms with van der Waals surface area (Å²) in [6.07, 6.45) is 10.8. The lowest BCUT2D eigenvalue weighted by atomic mass is 10.0. The molecule has 31 heavy (non-hydrogen) atoms. The van der Waals surface area contributed by atoms with Gasteiger partial charge in [-0.05, 0) is 18.9 Å². The highest BCUT2D eigenvalue weighted by Gasteiger charge is 2.23. The number of aromatic carboxylic acids is 1. The maximum Gasteiger partial charge on any atom is 0.344 e. The highest BCUT2D eigenvalue weighted by atomic mass is 16.5. The van der Waals surface area contributed by atoms with Crippen LogP contribution in [0.4, 0.5) is 0 Å². The fourth-order valence-electron chi connectivity index (χ4n) is 3.79. The monoisotopic (exact) mass is 430 g/mol. The van der Waals surface area contributed by atoms with E-state index in [9.17, 15) is 24.9 Å². The van der Waals surface area contributed by atoms with Crippen LogP contribution in [-0.2, 0) is 4.79 Å². The van der Waals surface area contributed by atoms with Crippen LogP contribution in [0.25, 0.3) is 10.8 Å². The maximum atomic E-state index is 11.7. The average Bonchev–Trinajstić information content (AvgIpc) is 2.75. The first-order valence-corrected chi connectivity index (χ1v) is 11.3. The number of fused-ring (bicyclic) bond motifs is 1. The molecule has 0 aliphatic rings. The summed E-state index contributed by atoms with van der Waals surface area (Å²) in [5, 5.41) is 30.0. The van der Waals surface area contributed by atoms with Crippen LogP contribution in [0.15, 0.2) is 30.3 Å². The lowest BCUT2D eigenvalue weighted by molar-refractivity contribution is -0.145. The number of phenols is 1. The van der Waals surface area contributed by atoms with Gasteiger partial charge in [-0.3, -0.25) is 0 Å². The topological polar surface area (TPSA) is 104 Å². The van der Waals surface area contributed by atoms with Crippen molar-refractivity contribution in [1.82, 2.24) is 0 Å². The van der Waals surface area contributed by atoms with Gasteiger partial charge < -0.3 is 20.1 Å². The summed E-state index contributed by atoms with van der Waals surface area (Å²) in [7, 11) is 0. The van der Waals surface area contributed by atoms with Gasteiger partial charge >= 0.3 is 11.9 Å². The minimum atomic E-state index is -1.30. The molecule has 0 aliphatic heterocycles. The molecule has 0 amide bonds. The molecule has 2 aromatic rings. The van der Waals surface area contributed by atoms with Crippen molar-refractivity contribution in [3.63, 3.8) is 0 Å². The van der Waals surface area contributed by atoms with Crippen molar-refractivity contribution in [2.24, 2.45) is 0 Å². The van der Waals surface area contributed by atoms with E-state index in [1.54, 1.807) is 24.3 Å². The summed E-state index contributed by atoms with van der Waals surface area (Å²) in [6, 6.07) is 7.87. The van der Waals surface area contributed by atoms with E-state index in [1.165, 1.54) is 44.6 Å². The number of carbonyl (C=O) groups is 2. The number of rotatable bonds is 15. The zero-order valence-electron chi connectivity index (χ0n) is 18.3. The van der Waals surface area contributed by atoms with Gasteiger partial charge in [-0.25, -0.2) is 9.59 Å². The summed E-state index contributed by atoms with van der Waals surface area (Å²) in [5.41, 5.74) is -0.309. The number of hydrogen-bond donors (Lipinski definition) is 3. The Kier molecular flexibility index (Phi) is 10.1. The largest absolute Gasteiger partial charge is 0.506 e. The predicted octanol–water partition coefficient (Wildman–Crippen LogP) is 6.39. The van der Waals surface area contributed by atoms with Crippen molar-refractivity contribution in [3.05, 3.63) is 35.9 Å². The van der Waals surface area contributed by atoms with Crippen LogP contribution >= 0.6 is 0 Å². The molecule has 0 spiro atoms. The van der Waals surface area contributed by atoms with Gasteiger partial charge in [0.2, 0.25) is 0 Å². The molecular formula is C25H34O6. The highest BCUT2D eigenvalue weighted by molar-refractivity contribution is 6.03. The standard InChI is InChI=1S/C25H34O6/c1-2-3-4-5-6-7-8-9-10-11-16-21(25(29)30)31-22-17-20(24(27)28)23(26)19-15-13-12-14-18(19)22/h12-15,17,21,26H,2-11,16H2,1H3,(H,27,28)(H,29,30). The smallest absolute Gasteiger partial charge is 0.344 e. The number of benzene rings is 2. The van der Waals surface area contributed by atoms with Gasteiger partial charge in [0.15, 0.2) is 6.10 Å². The molecular weight excluding hydrogens is 396 g/mol. The van der Waals surface area contributed by atoms with Crippen LogP contribution in [0, 0.1) is 0 Å². The van der Waals surface area contributed by atoms with Crippen molar-refractivity contribution in [1.29, 1.82) is 0 Å². The summed E-state index contributed by atoms with van der Waals surface area (Å²) in [6.45, 7) is 2.21. The molecule has 0 saturated heterocycles. The molecule has 0 radical (unpaired) electrons. The summed E-state index contributed by atoms with van der Waals surface area (Å²) in [4.78, 5) is 23.2. The van der Waals surface area contributed by atoms with E-state index in [-0.39, 0.29) is 17.1 Å². The van der Waals surface area contributed by atoms with E-state index in [2.05, 4.69) is 6.92 Å². The Morgan fingerprint density at radius 2 is 1.42 bits per heavy atom. The second-order valence-electron chi connectivity index (χ2n) is 8.04. The van der Waals surface area contributed by atoms with E-state index in [0.29, 0.717) is 17.2 Å². The first-order valence-electron chi connectivity index (χ1n) is 11.3. The zero-order chi connectivity index (χ0) is 22.6. The fourth-order valence-corrected chi connectivity index (χ4v) is 3.79. The number of unbranched alkanes of at least 4 members (excludes halogenated alkanes) is 9. The van der Waals surface area contributed by atoms with E-state index in [4.69, 9.17) is 4.74 Å². The van der Waals surface area contributed by atoms with E-state index < -0.39 is 18.0 Å². The summed E-state index contributed by atoms with van der Waals surface area (Å²) in [5.74, 6) is -2.57. The Balaban J connectivity index is 1.92. The molecule has 3 N–H and O–H groups in total. The third-order valence-electron chi connectivity index (χ3n) is 5.57. The third kappa shape index (κ3) is 7.46. The molecule has 0 heterocycles. The van der Waals surface area contributed by atoms with Gasteiger partial charge in [0.05, 0.1) is 0 Å². The van der Waals surface area contributed by atoms with Gasteiger partial charge in [-0.2, -0.15) is 0 Å². The van der Waals surface area contributed by atoms with Crippen LogP contribution in [-0.4, -0.2) is 33.4 Å². The first-order chi connectivity index (χ1) is 15.0. The van der Waals surface area contributed by atoms with Crippen molar-refractivity contribution in [3.8, 4) is 11.5 Å².